The number of anilines is 1. The number of nitrogens with one attached hydrogen (secondary N) is 1. The van der Waals surface area contributed by atoms with Crippen LogP contribution in [0.2, 0.25) is 0 Å². The van der Waals surface area contributed by atoms with Crippen LogP contribution >= 0.6 is 15.9 Å². The second-order valence-corrected chi connectivity index (χ2v) is 4.55. The van der Waals surface area contributed by atoms with Gasteiger partial charge in [0, 0.05) is 16.7 Å². The van der Waals surface area contributed by atoms with E-state index in [9.17, 15) is 0 Å². The zero-order chi connectivity index (χ0) is 13.0. The van der Waals surface area contributed by atoms with Gasteiger partial charge < -0.3 is 9.88 Å². The zero-order valence-electron chi connectivity index (χ0n) is 9.89. The second kappa shape index (κ2) is 5.65. The first-order valence-corrected chi connectivity index (χ1v) is 6.34. The van der Waals surface area contributed by atoms with Crippen LogP contribution in [0.25, 0.3) is 0 Å². The molecule has 5 nitrogen and oxygen atoms in total. The highest BCUT2D eigenvalue weighted by Crippen LogP contribution is 2.21. The largest absolute Gasteiger partial charge is 0.378 e. The van der Waals surface area contributed by atoms with Gasteiger partial charge in [-0.1, -0.05) is 0 Å². The SMILES string of the molecule is CCn1cnnc1CNc1ccc(C#N)c(Br)c1. The van der Waals surface area contributed by atoms with Gasteiger partial charge in [-0.05, 0) is 41.1 Å². The number of benzene rings is 1. The van der Waals surface area contributed by atoms with Gasteiger partial charge in [-0.25, -0.2) is 0 Å². The third-order valence-electron chi connectivity index (χ3n) is 2.58. The van der Waals surface area contributed by atoms with Crippen LogP contribution in [0.4, 0.5) is 5.69 Å². The maximum absolute atomic E-state index is 8.84. The molecule has 0 aliphatic carbocycles. The van der Waals surface area contributed by atoms with Crippen LogP contribution in [0.15, 0.2) is 29.0 Å². The highest BCUT2D eigenvalue weighted by Gasteiger charge is 2.04. The predicted octanol–water partition coefficient (Wildman–Crippen LogP) is 2.54. The van der Waals surface area contributed by atoms with Crippen molar-refractivity contribution in [3.8, 4) is 6.07 Å². The van der Waals surface area contributed by atoms with Crippen molar-refractivity contribution in [2.24, 2.45) is 0 Å². The summed E-state index contributed by atoms with van der Waals surface area (Å²) in [5, 5.41) is 20.0. The van der Waals surface area contributed by atoms with Crippen LogP contribution in [-0.2, 0) is 13.1 Å². The fourth-order valence-electron chi connectivity index (χ4n) is 1.58. The molecule has 1 aromatic carbocycles. The predicted molar refractivity (Wildman–Crippen MR) is 71.9 cm³/mol. The molecule has 0 atom stereocenters. The Labute approximate surface area is 114 Å². The van der Waals surface area contributed by atoms with E-state index in [0.717, 1.165) is 22.5 Å². The van der Waals surface area contributed by atoms with Crippen molar-refractivity contribution in [3.63, 3.8) is 0 Å². The number of hydrogen-bond acceptors (Lipinski definition) is 4. The Hall–Kier alpha value is -1.87. The number of aromatic nitrogens is 3. The third kappa shape index (κ3) is 2.68. The summed E-state index contributed by atoms with van der Waals surface area (Å²) in [6.07, 6.45) is 1.71. The maximum atomic E-state index is 8.84. The number of aryl methyl sites for hydroxylation is 1. The van der Waals surface area contributed by atoms with Gasteiger partial charge in [-0.3, -0.25) is 0 Å². The van der Waals surface area contributed by atoms with Crippen molar-refractivity contribution in [1.29, 1.82) is 5.26 Å². The molecule has 18 heavy (non-hydrogen) atoms. The van der Waals surface area contributed by atoms with Gasteiger partial charge in [-0.2, -0.15) is 5.26 Å². The molecule has 1 N–H and O–H groups in total. The van der Waals surface area contributed by atoms with Crippen LogP contribution in [-0.4, -0.2) is 14.8 Å². The van der Waals surface area contributed by atoms with E-state index in [1.54, 1.807) is 12.4 Å². The lowest BCUT2D eigenvalue weighted by Gasteiger charge is -2.07. The lowest BCUT2D eigenvalue weighted by atomic mass is 10.2. The standard InChI is InChI=1S/C12H12BrN5/c1-2-18-8-16-17-12(18)7-15-10-4-3-9(6-14)11(13)5-10/h3-5,8,15H,2,7H2,1H3. The molecule has 0 spiro atoms. The topological polar surface area (TPSA) is 66.5 Å². The zero-order valence-corrected chi connectivity index (χ0v) is 11.5. The average molecular weight is 306 g/mol. The molecule has 6 heteroatoms. The summed E-state index contributed by atoms with van der Waals surface area (Å²) < 4.78 is 2.76. The molecule has 92 valence electrons. The molecule has 0 saturated carbocycles. The van der Waals surface area contributed by atoms with Gasteiger partial charge in [0.25, 0.3) is 0 Å². The van der Waals surface area contributed by atoms with Crippen molar-refractivity contribution in [2.75, 3.05) is 5.32 Å². The number of nitriles is 1. The monoisotopic (exact) mass is 305 g/mol. The molecule has 1 heterocycles. The Bertz CT molecular complexity index is 584. The first-order chi connectivity index (χ1) is 8.74. The molecule has 0 radical (unpaired) electrons. The van der Waals surface area contributed by atoms with Crippen LogP contribution < -0.4 is 5.32 Å². The minimum Gasteiger partial charge on any atom is -0.378 e. The van der Waals surface area contributed by atoms with E-state index in [1.807, 2.05) is 23.6 Å². The van der Waals surface area contributed by atoms with E-state index >= 15 is 0 Å². The quantitative estimate of drug-likeness (QED) is 0.942. The van der Waals surface area contributed by atoms with Gasteiger partial charge in [0.1, 0.15) is 12.4 Å². The highest BCUT2D eigenvalue weighted by molar-refractivity contribution is 9.10. The number of halogens is 1. The summed E-state index contributed by atoms with van der Waals surface area (Å²) in [7, 11) is 0. The molecule has 1 aromatic heterocycles. The van der Waals surface area contributed by atoms with E-state index in [1.165, 1.54) is 0 Å². The Morgan fingerprint density at radius 1 is 1.50 bits per heavy atom. The van der Waals surface area contributed by atoms with Gasteiger partial charge >= 0.3 is 0 Å². The number of nitrogens with zero attached hydrogens (tertiary/aromatic N) is 4. The minimum absolute atomic E-state index is 0.603. The van der Waals surface area contributed by atoms with Gasteiger partial charge in [-0.15, -0.1) is 10.2 Å². The van der Waals surface area contributed by atoms with E-state index < -0.39 is 0 Å². The molecule has 0 bridgehead atoms. The van der Waals surface area contributed by atoms with E-state index in [-0.39, 0.29) is 0 Å². The van der Waals surface area contributed by atoms with Gasteiger partial charge in [0.05, 0.1) is 12.1 Å². The molecule has 2 rings (SSSR count). The summed E-state index contributed by atoms with van der Waals surface area (Å²) >= 11 is 3.36. The summed E-state index contributed by atoms with van der Waals surface area (Å²) in [6.45, 7) is 3.50. The molecule has 2 aromatic rings. The summed E-state index contributed by atoms with van der Waals surface area (Å²) in [6, 6.07) is 7.64. The summed E-state index contributed by atoms with van der Waals surface area (Å²) in [4.78, 5) is 0. The lowest BCUT2D eigenvalue weighted by molar-refractivity contribution is 0.708. The van der Waals surface area contributed by atoms with E-state index in [4.69, 9.17) is 5.26 Å². The second-order valence-electron chi connectivity index (χ2n) is 3.69. The summed E-state index contributed by atoms with van der Waals surface area (Å²) in [5.41, 5.74) is 1.56. The van der Waals surface area contributed by atoms with Gasteiger partial charge in [0.15, 0.2) is 5.82 Å². The highest BCUT2D eigenvalue weighted by atomic mass is 79.9. The molecular formula is C12H12BrN5. The Morgan fingerprint density at radius 3 is 3.00 bits per heavy atom. The summed E-state index contributed by atoms with van der Waals surface area (Å²) in [5.74, 6) is 0.887. The van der Waals surface area contributed by atoms with Crippen LogP contribution in [0.1, 0.15) is 18.3 Å². The van der Waals surface area contributed by atoms with Crippen molar-refractivity contribution in [1.82, 2.24) is 14.8 Å². The first kappa shape index (κ1) is 12.6. The number of rotatable bonds is 4. The fraction of sp³-hybridized carbons (Fsp3) is 0.250. The smallest absolute Gasteiger partial charge is 0.152 e. The third-order valence-corrected chi connectivity index (χ3v) is 3.23. The van der Waals surface area contributed by atoms with Crippen LogP contribution in [0.5, 0.6) is 0 Å². The van der Waals surface area contributed by atoms with Crippen molar-refractivity contribution in [3.05, 3.63) is 40.4 Å². The normalized spacial score (nSPS) is 10.1. The molecule has 0 saturated heterocycles. The van der Waals surface area contributed by atoms with Crippen molar-refractivity contribution >= 4 is 21.6 Å². The van der Waals surface area contributed by atoms with Crippen LogP contribution in [0, 0.1) is 11.3 Å². The lowest BCUT2D eigenvalue weighted by Crippen LogP contribution is -2.07. The molecular weight excluding hydrogens is 294 g/mol. The Kier molecular flexibility index (Phi) is 3.95. The van der Waals surface area contributed by atoms with Crippen molar-refractivity contribution in [2.45, 2.75) is 20.0 Å². The fourth-order valence-corrected chi connectivity index (χ4v) is 2.04. The Morgan fingerprint density at radius 2 is 2.33 bits per heavy atom. The first-order valence-electron chi connectivity index (χ1n) is 5.54. The van der Waals surface area contributed by atoms with Gasteiger partial charge in [0.2, 0.25) is 0 Å². The minimum atomic E-state index is 0.603. The molecule has 0 unspecified atom stereocenters. The van der Waals surface area contributed by atoms with E-state index in [2.05, 4.69) is 37.5 Å². The average Bonchev–Trinajstić information content (AvgIpc) is 2.84. The number of hydrogen-bond donors (Lipinski definition) is 1. The van der Waals surface area contributed by atoms with E-state index in [0.29, 0.717) is 12.1 Å². The molecule has 0 amide bonds. The molecule has 0 aliphatic heterocycles. The molecule has 0 fully saturated rings. The maximum Gasteiger partial charge on any atom is 0.152 e. The molecule has 0 aliphatic rings. The van der Waals surface area contributed by atoms with Crippen molar-refractivity contribution < 1.29 is 0 Å². The van der Waals surface area contributed by atoms with Crippen LogP contribution in [0.3, 0.4) is 0 Å². The Balaban J connectivity index is 2.07.